The van der Waals surface area contributed by atoms with E-state index in [2.05, 4.69) is 20.4 Å². The monoisotopic (exact) mass is 486 g/mol. The van der Waals surface area contributed by atoms with Gasteiger partial charge >= 0.3 is 6.18 Å². The number of halogens is 4. The van der Waals surface area contributed by atoms with Crippen LogP contribution in [0.15, 0.2) is 48.4 Å². The average molecular weight is 486 g/mol. The zero-order chi connectivity index (χ0) is 24.5. The molecule has 1 amide bonds. The summed E-state index contributed by atoms with van der Waals surface area (Å²) >= 11 is 1.19. The van der Waals surface area contributed by atoms with Crippen molar-refractivity contribution < 1.29 is 22.4 Å². The van der Waals surface area contributed by atoms with Gasteiger partial charge in [0.2, 0.25) is 0 Å². The van der Waals surface area contributed by atoms with Gasteiger partial charge in [0.1, 0.15) is 16.8 Å². The number of alkyl halides is 3. The van der Waals surface area contributed by atoms with Crippen LogP contribution in [0.25, 0.3) is 16.8 Å². The minimum Gasteiger partial charge on any atom is -0.347 e. The highest BCUT2D eigenvalue weighted by Gasteiger charge is 2.35. The lowest BCUT2D eigenvalue weighted by Gasteiger charge is -2.10. The maximum atomic E-state index is 14.7. The molecule has 1 aromatic carbocycles. The lowest BCUT2D eigenvalue weighted by molar-refractivity contribution is -0.138. The number of thiazole rings is 1. The molecule has 0 spiro atoms. The zero-order valence-electron chi connectivity index (χ0n) is 17.4. The van der Waals surface area contributed by atoms with Gasteiger partial charge < -0.3 is 5.32 Å². The Hall–Kier alpha value is -4.11. The number of carbonyl (C=O) groups excluding carboxylic acids is 1. The van der Waals surface area contributed by atoms with Crippen LogP contribution in [0.5, 0.6) is 0 Å². The molecule has 7 nitrogen and oxygen atoms in total. The number of hydrogen-bond acceptors (Lipinski definition) is 6. The van der Waals surface area contributed by atoms with Crippen molar-refractivity contribution in [3.63, 3.8) is 0 Å². The molecule has 0 radical (unpaired) electrons. The lowest BCUT2D eigenvalue weighted by atomic mass is 10.1. The fourth-order valence-electron chi connectivity index (χ4n) is 3.14. The van der Waals surface area contributed by atoms with Crippen LogP contribution in [0.2, 0.25) is 0 Å². The van der Waals surface area contributed by atoms with Gasteiger partial charge in [-0.2, -0.15) is 23.5 Å². The highest BCUT2D eigenvalue weighted by atomic mass is 32.1. The molecule has 3 aromatic heterocycles. The van der Waals surface area contributed by atoms with Crippen molar-refractivity contribution in [3.8, 4) is 22.9 Å². The number of pyridine rings is 1. The van der Waals surface area contributed by atoms with E-state index in [-0.39, 0.29) is 23.7 Å². The van der Waals surface area contributed by atoms with E-state index >= 15 is 0 Å². The summed E-state index contributed by atoms with van der Waals surface area (Å²) in [6.45, 7) is 1.68. The second kappa shape index (κ2) is 9.03. The number of nitriles is 1. The third kappa shape index (κ3) is 4.65. The van der Waals surface area contributed by atoms with Gasteiger partial charge in [-0.05, 0) is 24.6 Å². The van der Waals surface area contributed by atoms with E-state index in [0.29, 0.717) is 21.7 Å². The molecule has 0 saturated heterocycles. The van der Waals surface area contributed by atoms with Gasteiger partial charge in [-0.25, -0.2) is 19.0 Å². The summed E-state index contributed by atoms with van der Waals surface area (Å²) in [4.78, 5) is 20.2. The molecule has 0 saturated carbocycles. The Morgan fingerprint density at radius 3 is 2.65 bits per heavy atom. The van der Waals surface area contributed by atoms with Crippen molar-refractivity contribution in [2.24, 2.45) is 0 Å². The van der Waals surface area contributed by atoms with Crippen molar-refractivity contribution in [1.29, 1.82) is 5.26 Å². The molecule has 1 N–H and O–H groups in total. The second-order valence-electron chi connectivity index (χ2n) is 7.13. The van der Waals surface area contributed by atoms with Crippen LogP contribution >= 0.6 is 11.3 Å². The largest absolute Gasteiger partial charge is 0.419 e. The summed E-state index contributed by atoms with van der Waals surface area (Å²) in [5, 5.41) is 15.6. The van der Waals surface area contributed by atoms with Gasteiger partial charge in [0.15, 0.2) is 5.69 Å². The number of amides is 1. The van der Waals surface area contributed by atoms with E-state index in [4.69, 9.17) is 5.26 Å². The predicted octanol–water partition coefficient (Wildman–Crippen LogP) is 4.66. The van der Waals surface area contributed by atoms with E-state index in [1.807, 2.05) is 0 Å². The molecule has 0 bridgehead atoms. The standard InChI is InChI=1S/C22H14F4N6OS/c1-12-20(34-11-30-12)21(33)29-7-14-3-2-13(4-18(14)23)15-8-31-32(10-15)16-5-17(22(24,25)26)19(6-27)28-9-16/h2-5,8-11H,7H2,1H3,(H,29,33). The van der Waals surface area contributed by atoms with E-state index in [9.17, 15) is 22.4 Å². The van der Waals surface area contributed by atoms with Gasteiger partial charge in [-0.3, -0.25) is 4.79 Å². The Balaban J connectivity index is 1.53. The van der Waals surface area contributed by atoms with Gasteiger partial charge in [0, 0.05) is 23.9 Å². The molecule has 0 unspecified atom stereocenters. The smallest absolute Gasteiger partial charge is 0.347 e. The first kappa shape index (κ1) is 23.1. The fourth-order valence-corrected chi connectivity index (χ4v) is 3.86. The van der Waals surface area contributed by atoms with E-state index in [1.165, 1.54) is 41.9 Å². The Kier molecular flexibility index (Phi) is 6.12. The van der Waals surface area contributed by atoms with Crippen molar-refractivity contribution >= 4 is 17.2 Å². The maximum absolute atomic E-state index is 14.7. The third-order valence-corrected chi connectivity index (χ3v) is 5.84. The van der Waals surface area contributed by atoms with Gasteiger partial charge in [0.25, 0.3) is 5.91 Å². The minimum atomic E-state index is -4.75. The number of aryl methyl sites for hydroxylation is 1. The molecular formula is C22H14F4N6OS. The Morgan fingerprint density at radius 1 is 1.21 bits per heavy atom. The normalized spacial score (nSPS) is 11.3. The van der Waals surface area contributed by atoms with Crippen LogP contribution in [-0.2, 0) is 12.7 Å². The SMILES string of the molecule is Cc1ncsc1C(=O)NCc1ccc(-c2cnn(-c3cnc(C#N)c(C(F)(F)F)c3)c2)cc1F. The Labute approximate surface area is 194 Å². The molecule has 172 valence electrons. The van der Waals surface area contributed by atoms with Gasteiger partial charge in [0.05, 0.1) is 34.8 Å². The predicted molar refractivity (Wildman–Crippen MR) is 114 cm³/mol. The molecule has 0 aliphatic rings. The van der Waals surface area contributed by atoms with Crippen LogP contribution in [0, 0.1) is 24.1 Å². The van der Waals surface area contributed by atoms with Crippen LogP contribution in [-0.4, -0.2) is 25.7 Å². The van der Waals surface area contributed by atoms with Crippen molar-refractivity contribution in [3.05, 3.63) is 81.6 Å². The molecule has 0 aliphatic heterocycles. The summed E-state index contributed by atoms with van der Waals surface area (Å²) in [6.07, 6.45) is -0.862. The van der Waals surface area contributed by atoms with Gasteiger partial charge in [-0.1, -0.05) is 12.1 Å². The van der Waals surface area contributed by atoms with Crippen LogP contribution in [0.3, 0.4) is 0 Å². The van der Waals surface area contributed by atoms with E-state index in [1.54, 1.807) is 18.5 Å². The summed E-state index contributed by atoms with van der Waals surface area (Å²) in [5.74, 6) is -0.912. The van der Waals surface area contributed by atoms with Crippen molar-refractivity contribution in [2.45, 2.75) is 19.6 Å². The minimum absolute atomic E-state index is 0.00394. The molecule has 4 rings (SSSR count). The van der Waals surface area contributed by atoms with Crippen molar-refractivity contribution in [1.82, 2.24) is 25.1 Å². The Bertz CT molecular complexity index is 1420. The van der Waals surface area contributed by atoms with E-state index in [0.717, 1.165) is 16.9 Å². The van der Waals surface area contributed by atoms with Crippen LogP contribution in [0.1, 0.15) is 32.2 Å². The summed E-state index contributed by atoms with van der Waals surface area (Å²) < 4.78 is 55.4. The molecule has 0 aliphatic carbocycles. The molecule has 0 fully saturated rings. The summed E-state index contributed by atoms with van der Waals surface area (Å²) in [5.41, 5.74) is 1.39. The lowest BCUT2D eigenvalue weighted by Crippen LogP contribution is -2.23. The van der Waals surface area contributed by atoms with Crippen LogP contribution < -0.4 is 5.32 Å². The number of nitrogens with one attached hydrogen (secondary N) is 1. The first-order chi connectivity index (χ1) is 16.2. The molecule has 3 heterocycles. The Morgan fingerprint density at radius 2 is 2.00 bits per heavy atom. The molecule has 34 heavy (non-hydrogen) atoms. The first-order valence-corrected chi connectivity index (χ1v) is 10.5. The highest BCUT2D eigenvalue weighted by molar-refractivity contribution is 7.11. The number of benzene rings is 1. The maximum Gasteiger partial charge on any atom is 0.419 e. The van der Waals surface area contributed by atoms with Crippen molar-refractivity contribution in [2.75, 3.05) is 0 Å². The molecular weight excluding hydrogens is 472 g/mol. The molecule has 12 heteroatoms. The number of carbonyl (C=O) groups is 1. The zero-order valence-corrected chi connectivity index (χ0v) is 18.2. The highest BCUT2D eigenvalue weighted by Crippen LogP contribution is 2.32. The quantitative estimate of drug-likeness (QED) is 0.414. The summed E-state index contributed by atoms with van der Waals surface area (Å²) in [6, 6.07) is 6.57. The second-order valence-corrected chi connectivity index (χ2v) is 7.98. The number of nitrogens with zero attached hydrogens (tertiary/aromatic N) is 5. The fraction of sp³-hybridized carbons (Fsp3) is 0.136. The van der Waals surface area contributed by atoms with E-state index < -0.39 is 23.3 Å². The third-order valence-electron chi connectivity index (χ3n) is 4.91. The molecule has 4 aromatic rings. The van der Waals surface area contributed by atoms with Gasteiger partial charge in [-0.15, -0.1) is 11.3 Å². The average Bonchev–Trinajstić information content (AvgIpc) is 3.46. The number of aromatic nitrogens is 4. The number of hydrogen-bond donors (Lipinski definition) is 1. The number of rotatable bonds is 5. The first-order valence-electron chi connectivity index (χ1n) is 9.67. The molecule has 0 atom stereocenters. The van der Waals surface area contributed by atoms with Crippen LogP contribution in [0.4, 0.5) is 17.6 Å². The topological polar surface area (TPSA) is 96.5 Å². The summed E-state index contributed by atoms with van der Waals surface area (Å²) in [7, 11) is 0.